The van der Waals surface area contributed by atoms with Crippen LogP contribution in [0.3, 0.4) is 0 Å². The molecule has 1 fully saturated rings. The number of anilines is 1. The Balaban J connectivity index is 2.27. The van der Waals surface area contributed by atoms with Gasteiger partial charge >= 0.3 is 12.1 Å². The quantitative estimate of drug-likeness (QED) is 0.730. The lowest BCUT2D eigenvalue weighted by molar-refractivity contribution is -0.150. The highest BCUT2D eigenvalue weighted by atomic mass is 32.2. The second kappa shape index (κ2) is 7.90. The molecule has 0 saturated carbocycles. The number of likely N-dealkylation sites (tertiary alicyclic amines) is 1. The molecule has 1 saturated heterocycles. The molecule has 11 heteroatoms. The lowest BCUT2D eigenvalue weighted by Crippen LogP contribution is -2.50. The molecule has 10 nitrogen and oxygen atoms in total. The van der Waals surface area contributed by atoms with E-state index in [0.717, 1.165) is 6.26 Å². The Morgan fingerprint density at radius 3 is 2.36 bits per heavy atom. The molecule has 1 aromatic heterocycles. The van der Waals surface area contributed by atoms with Crippen molar-refractivity contribution in [2.45, 2.75) is 44.6 Å². The summed E-state index contributed by atoms with van der Waals surface area (Å²) in [5.41, 5.74) is -1.39. The predicted molar refractivity (Wildman–Crippen MR) is 101 cm³/mol. The van der Waals surface area contributed by atoms with Gasteiger partial charge in [0.15, 0.2) is 0 Å². The standard InChI is InChI=1S/C17H26N4O6S/c1-16(2,3)27-15(23)21-10-7-17(8-11-21,13(22)26-4)12-6-9-18-14(19-12)20-28(5,24)25/h6,9H,7-8,10-11H2,1-5H3,(H,18,19,20). The normalized spacial score (nSPS) is 17.0. The fraction of sp³-hybridized carbons (Fsp3) is 0.647. The van der Waals surface area contributed by atoms with Crippen molar-refractivity contribution in [3.05, 3.63) is 18.0 Å². The molecular weight excluding hydrogens is 388 g/mol. The van der Waals surface area contributed by atoms with Crippen molar-refractivity contribution in [3.63, 3.8) is 0 Å². The van der Waals surface area contributed by atoms with E-state index in [9.17, 15) is 18.0 Å². The highest BCUT2D eigenvalue weighted by Gasteiger charge is 2.46. The van der Waals surface area contributed by atoms with Crippen molar-refractivity contribution >= 4 is 28.0 Å². The first kappa shape index (κ1) is 21.9. The van der Waals surface area contributed by atoms with E-state index in [-0.39, 0.29) is 31.9 Å². The van der Waals surface area contributed by atoms with Crippen LogP contribution in [0.2, 0.25) is 0 Å². The number of carbonyl (C=O) groups excluding carboxylic acids is 2. The van der Waals surface area contributed by atoms with E-state index in [1.165, 1.54) is 18.2 Å². The highest BCUT2D eigenvalue weighted by Crippen LogP contribution is 2.36. The SMILES string of the molecule is COC(=O)C1(c2ccnc(NS(C)(=O)=O)n2)CCN(C(=O)OC(C)(C)C)CC1. The lowest BCUT2D eigenvalue weighted by Gasteiger charge is -2.39. The van der Waals surface area contributed by atoms with E-state index in [2.05, 4.69) is 14.7 Å². The molecule has 1 N–H and O–H groups in total. The zero-order valence-electron chi connectivity index (χ0n) is 16.7. The molecule has 1 amide bonds. The number of hydrogen-bond acceptors (Lipinski definition) is 8. The van der Waals surface area contributed by atoms with E-state index in [1.807, 2.05) is 0 Å². The van der Waals surface area contributed by atoms with Crippen molar-refractivity contribution in [2.75, 3.05) is 31.2 Å². The van der Waals surface area contributed by atoms with E-state index in [0.29, 0.717) is 5.69 Å². The molecule has 0 atom stereocenters. The van der Waals surface area contributed by atoms with Gasteiger partial charge in [0.2, 0.25) is 16.0 Å². The van der Waals surface area contributed by atoms with Gasteiger partial charge in [-0.25, -0.2) is 23.2 Å². The zero-order valence-corrected chi connectivity index (χ0v) is 17.5. The summed E-state index contributed by atoms with van der Waals surface area (Å²) in [6.45, 7) is 5.88. The van der Waals surface area contributed by atoms with E-state index >= 15 is 0 Å². The van der Waals surface area contributed by atoms with Crippen LogP contribution in [0, 0.1) is 0 Å². The van der Waals surface area contributed by atoms with Crippen LogP contribution in [-0.4, -0.2) is 67.4 Å². The molecule has 28 heavy (non-hydrogen) atoms. The number of methoxy groups -OCH3 is 1. The number of rotatable bonds is 4. The number of amides is 1. The predicted octanol–water partition coefficient (Wildman–Crippen LogP) is 1.29. The molecule has 1 aliphatic heterocycles. The summed E-state index contributed by atoms with van der Waals surface area (Å²) in [5, 5.41) is 0. The minimum Gasteiger partial charge on any atom is -0.468 e. The van der Waals surface area contributed by atoms with Crippen LogP contribution in [0.25, 0.3) is 0 Å². The maximum atomic E-state index is 12.6. The molecule has 0 spiro atoms. The molecule has 156 valence electrons. The van der Waals surface area contributed by atoms with Crippen LogP contribution in [-0.2, 0) is 29.7 Å². The summed E-state index contributed by atoms with van der Waals surface area (Å²) < 4.78 is 35.5. The largest absolute Gasteiger partial charge is 0.468 e. The molecule has 2 rings (SSSR count). The molecule has 1 aliphatic rings. The van der Waals surface area contributed by atoms with Crippen LogP contribution in [0.5, 0.6) is 0 Å². The summed E-state index contributed by atoms with van der Waals surface area (Å²) in [6.07, 6.45) is 2.43. The van der Waals surface area contributed by atoms with Gasteiger partial charge in [0.25, 0.3) is 0 Å². The number of carbonyl (C=O) groups is 2. The molecule has 0 radical (unpaired) electrons. The highest BCUT2D eigenvalue weighted by molar-refractivity contribution is 7.91. The molecule has 1 aromatic rings. The van der Waals surface area contributed by atoms with E-state index in [4.69, 9.17) is 9.47 Å². The average Bonchev–Trinajstić information content (AvgIpc) is 2.58. The number of nitrogens with zero attached hydrogens (tertiary/aromatic N) is 3. The van der Waals surface area contributed by atoms with Crippen molar-refractivity contribution in [3.8, 4) is 0 Å². The Morgan fingerprint density at radius 2 is 1.86 bits per heavy atom. The second-order valence-corrected chi connectivity index (χ2v) is 9.43. The van der Waals surface area contributed by atoms with Crippen molar-refractivity contribution in [1.82, 2.24) is 14.9 Å². The van der Waals surface area contributed by atoms with Crippen LogP contribution in [0.1, 0.15) is 39.3 Å². The zero-order chi connectivity index (χ0) is 21.2. The van der Waals surface area contributed by atoms with Gasteiger partial charge in [-0.15, -0.1) is 0 Å². The van der Waals surface area contributed by atoms with Crippen LogP contribution >= 0.6 is 0 Å². The van der Waals surface area contributed by atoms with Crippen molar-refractivity contribution in [2.24, 2.45) is 0 Å². The maximum Gasteiger partial charge on any atom is 0.410 e. The van der Waals surface area contributed by atoms with Gasteiger partial charge in [-0.05, 0) is 39.7 Å². The summed E-state index contributed by atoms with van der Waals surface area (Å²) >= 11 is 0. The minimum atomic E-state index is -3.57. The molecule has 0 bridgehead atoms. The number of ether oxygens (including phenoxy) is 2. The van der Waals surface area contributed by atoms with Crippen molar-refractivity contribution in [1.29, 1.82) is 0 Å². The monoisotopic (exact) mass is 414 g/mol. The molecule has 2 heterocycles. The molecule has 0 aromatic carbocycles. The second-order valence-electron chi connectivity index (χ2n) is 7.68. The lowest BCUT2D eigenvalue weighted by atomic mass is 9.75. The van der Waals surface area contributed by atoms with Gasteiger partial charge < -0.3 is 14.4 Å². The number of piperidine rings is 1. The smallest absolute Gasteiger partial charge is 0.410 e. The summed E-state index contributed by atoms with van der Waals surface area (Å²) in [4.78, 5) is 34.6. The minimum absolute atomic E-state index is 0.127. The molecular formula is C17H26N4O6S. The Hall–Kier alpha value is -2.43. The fourth-order valence-electron chi connectivity index (χ4n) is 3.00. The van der Waals surface area contributed by atoms with Gasteiger partial charge in [-0.3, -0.25) is 9.52 Å². The summed E-state index contributed by atoms with van der Waals surface area (Å²) in [6, 6.07) is 1.55. The Bertz CT molecular complexity index is 841. The van der Waals surface area contributed by atoms with E-state index < -0.39 is 33.1 Å². The summed E-state index contributed by atoms with van der Waals surface area (Å²) in [7, 11) is -2.29. The maximum absolute atomic E-state index is 12.6. The number of aromatic nitrogens is 2. The molecule has 0 unspecified atom stereocenters. The van der Waals surface area contributed by atoms with Gasteiger partial charge in [0.05, 0.1) is 19.1 Å². The van der Waals surface area contributed by atoms with Gasteiger partial charge in [-0.1, -0.05) is 0 Å². The van der Waals surface area contributed by atoms with E-state index in [1.54, 1.807) is 26.8 Å². The van der Waals surface area contributed by atoms with Crippen LogP contribution in [0.4, 0.5) is 10.7 Å². The number of hydrogen-bond donors (Lipinski definition) is 1. The third-order valence-electron chi connectivity index (χ3n) is 4.27. The van der Waals surface area contributed by atoms with Crippen LogP contribution in [0.15, 0.2) is 12.3 Å². The number of esters is 1. The summed E-state index contributed by atoms with van der Waals surface area (Å²) in [5.74, 6) is -0.627. The fourth-order valence-corrected chi connectivity index (χ4v) is 3.43. The third-order valence-corrected chi connectivity index (χ3v) is 4.82. The molecule has 0 aliphatic carbocycles. The number of sulfonamides is 1. The van der Waals surface area contributed by atoms with Gasteiger partial charge in [0.1, 0.15) is 11.0 Å². The number of nitrogens with one attached hydrogen (secondary N) is 1. The Morgan fingerprint density at radius 1 is 1.25 bits per heavy atom. The first-order chi connectivity index (χ1) is 12.9. The van der Waals surface area contributed by atoms with Crippen LogP contribution < -0.4 is 4.72 Å². The van der Waals surface area contributed by atoms with Gasteiger partial charge in [-0.2, -0.15) is 0 Å². The Kier molecular flexibility index (Phi) is 6.17. The van der Waals surface area contributed by atoms with Crippen molar-refractivity contribution < 1.29 is 27.5 Å². The topological polar surface area (TPSA) is 128 Å². The average molecular weight is 414 g/mol. The first-order valence-electron chi connectivity index (χ1n) is 8.74. The third kappa shape index (κ3) is 5.31. The Labute approximate surface area is 164 Å². The first-order valence-corrected chi connectivity index (χ1v) is 10.6. The van der Waals surface area contributed by atoms with Gasteiger partial charge in [0, 0.05) is 19.3 Å².